The summed E-state index contributed by atoms with van der Waals surface area (Å²) in [4.78, 5) is 23.5. The Bertz CT molecular complexity index is 466. The zero-order valence-electron chi connectivity index (χ0n) is 10.6. The fourth-order valence-corrected chi connectivity index (χ4v) is 1.44. The largest absolute Gasteiger partial charge is 0.481 e. The molecule has 0 saturated heterocycles. The first kappa shape index (κ1) is 14.0. The van der Waals surface area contributed by atoms with Crippen LogP contribution in [0.15, 0.2) is 30.3 Å². The Morgan fingerprint density at radius 2 is 2.00 bits per heavy atom. The number of nitrogens with zero attached hydrogens (tertiary/aromatic N) is 1. The van der Waals surface area contributed by atoms with Crippen molar-refractivity contribution in [2.24, 2.45) is 0 Å². The highest BCUT2D eigenvalue weighted by molar-refractivity contribution is 5.92. The zero-order chi connectivity index (χ0) is 13.5. The van der Waals surface area contributed by atoms with Gasteiger partial charge in [0.15, 0.2) is 0 Å². The normalized spacial score (nSPS) is 10.6. The van der Waals surface area contributed by atoms with Crippen LogP contribution in [-0.4, -0.2) is 35.5 Å². The first-order valence-electron chi connectivity index (χ1n) is 5.71. The Hall–Kier alpha value is -2.10. The molecule has 0 aliphatic carbocycles. The molecule has 0 aliphatic rings. The summed E-state index contributed by atoms with van der Waals surface area (Å²) in [6.45, 7) is 2.19. The molecule has 96 valence electrons. The van der Waals surface area contributed by atoms with Crippen LogP contribution in [0.5, 0.6) is 0 Å². The van der Waals surface area contributed by atoms with Crippen LogP contribution in [-0.2, 0) is 9.59 Å². The first-order valence-corrected chi connectivity index (χ1v) is 5.71. The Kier molecular flexibility index (Phi) is 5.11. The molecule has 1 rings (SSSR count). The molecule has 1 N–H and O–H groups in total. The lowest BCUT2D eigenvalue weighted by Crippen LogP contribution is -2.27. The van der Waals surface area contributed by atoms with Crippen LogP contribution < -0.4 is 0 Å². The lowest BCUT2D eigenvalue weighted by Gasteiger charge is -2.13. The van der Waals surface area contributed by atoms with E-state index in [4.69, 9.17) is 5.11 Å². The van der Waals surface area contributed by atoms with Crippen molar-refractivity contribution in [2.75, 3.05) is 13.6 Å². The summed E-state index contributed by atoms with van der Waals surface area (Å²) in [5.74, 6) is -1.10. The molecular formula is C14H17NO3. The fourth-order valence-electron chi connectivity index (χ4n) is 1.44. The van der Waals surface area contributed by atoms with Gasteiger partial charge in [0.25, 0.3) is 0 Å². The van der Waals surface area contributed by atoms with E-state index < -0.39 is 5.97 Å². The van der Waals surface area contributed by atoms with E-state index in [-0.39, 0.29) is 18.9 Å². The molecule has 1 aromatic carbocycles. The highest BCUT2D eigenvalue weighted by atomic mass is 16.4. The van der Waals surface area contributed by atoms with Crippen LogP contribution in [0, 0.1) is 6.92 Å². The molecule has 4 nitrogen and oxygen atoms in total. The molecule has 0 radical (unpaired) electrons. The van der Waals surface area contributed by atoms with Gasteiger partial charge in [-0.25, -0.2) is 0 Å². The number of carbonyl (C=O) groups excluding carboxylic acids is 1. The van der Waals surface area contributed by atoms with Crippen LogP contribution in [0.25, 0.3) is 6.08 Å². The van der Waals surface area contributed by atoms with E-state index in [1.165, 1.54) is 11.0 Å². The number of amides is 1. The number of aliphatic carboxylic acids is 1. The fraction of sp³-hybridized carbons (Fsp3) is 0.286. The Labute approximate surface area is 107 Å². The van der Waals surface area contributed by atoms with Crippen molar-refractivity contribution in [3.05, 3.63) is 41.5 Å². The predicted octanol–water partition coefficient (Wildman–Crippen LogP) is 1.94. The highest BCUT2D eigenvalue weighted by Crippen LogP contribution is 2.08. The van der Waals surface area contributed by atoms with Crippen LogP contribution >= 0.6 is 0 Å². The maximum Gasteiger partial charge on any atom is 0.305 e. The van der Waals surface area contributed by atoms with Gasteiger partial charge in [0.1, 0.15) is 0 Å². The van der Waals surface area contributed by atoms with Gasteiger partial charge in [-0.2, -0.15) is 0 Å². The summed E-state index contributed by atoms with van der Waals surface area (Å²) >= 11 is 0. The molecule has 0 saturated carbocycles. The van der Waals surface area contributed by atoms with Gasteiger partial charge in [0.05, 0.1) is 6.42 Å². The van der Waals surface area contributed by atoms with Crippen LogP contribution in [0.2, 0.25) is 0 Å². The van der Waals surface area contributed by atoms with Gasteiger partial charge in [0.2, 0.25) is 5.91 Å². The molecular weight excluding hydrogens is 230 g/mol. The van der Waals surface area contributed by atoms with Crippen molar-refractivity contribution in [2.45, 2.75) is 13.3 Å². The van der Waals surface area contributed by atoms with Gasteiger partial charge in [-0.3, -0.25) is 9.59 Å². The zero-order valence-corrected chi connectivity index (χ0v) is 10.6. The molecule has 0 unspecified atom stereocenters. The van der Waals surface area contributed by atoms with Crippen LogP contribution in [0.3, 0.4) is 0 Å². The molecule has 1 amide bonds. The minimum atomic E-state index is -0.905. The van der Waals surface area contributed by atoms with E-state index in [2.05, 4.69) is 0 Å². The average Bonchev–Trinajstić information content (AvgIpc) is 2.34. The monoisotopic (exact) mass is 247 g/mol. The Morgan fingerprint density at radius 3 is 2.61 bits per heavy atom. The molecule has 0 heterocycles. The lowest BCUT2D eigenvalue weighted by molar-refractivity contribution is -0.137. The number of hydrogen-bond acceptors (Lipinski definition) is 2. The van der Waals surface area contributed by atoms with Gasteiger partial charge in [0, 0.05) is 19.7 Å². The highest BCUT2D eigenvalue weighted by Gasteiger charge is 2.06. The van der Waals surface area contributed by atoms with Crippen molar-refractivity contribution in [1.29, 1.82) is 0 Å². The summed E-state index contributed by atoms with van der Waals surface area (Å²) in [5, 5.41) is 8.53. The average molecular weight is 247 g/mol. The summed E-state index contributed by atoms with van der Waals surface area (Å²) in [6, 6.07) is 7.74. The van der Waals surface area contributed by atoms with E-state index >= 15 is 0 Å². The van der Waals surface area contributed by atoms with Gasteiger partial charge >= 0.3 is 5.97 Å². The predicted molar refractivity (Wildman–Crippen MR) is 70.1 cm³/mol. The third kappa shape index (κ3) is 4.41. The molecule has 4 heteroatoms. The number of carboxylic acids is 1. The van der Waals surface area contributed by atoms with Crippen molar-refractivity contribution in [1.82, 2.24) is 4.90 Å². The molecule has 18 heavy (non-hydrogen) atoms. The number of aryl methyl sites for hydroxylation is 1. The van der Waals surface area contributed by atoms with Crippen molar-refractivity contribution >= 4 is 18.0 Å². The molecule has 0 aromatic heterocycles. The summed E-state index contributed by atoms with van der Waals surface area (Å²) in [6.07, 6.45) is 3.17. The second-order valence-electron chi connectivity index (χ2n) is 4.09. The second kappa shape index (κ2) is 6.59. The number of hydrogen-bond donors (Lipinski definition) is 1. The standard InChI is InChI=1S/C14H17NO3/c1-11-5-3-4-6-12(11)7-8-13(16)15(2)10-9-14(17)18/h3-8H,9-10H2,1-2H3,(H,17,18)/b8-7+. The van der Waals surface area contributed by atoms with E-state index in [0.717, 1.165) is 11.1 Å². The number of carboxylic acid groups (broad SMARTS) is 1. The number of rotatable bonds is 5. The van der Waals surface area contributed by atoms with Crippen molar-refractivity contribution in [3.8, 4) is 0 Å². The molecule has 1 aromatic rings. The van der Waals surface area contributed by atoms with Crippen LogP contribution in [0.1, 0.15) is 17.5 Å². The second-order valence-corrected chi connectivity index (χ2v) is 4.09. The maximum atomic E-state index is 11.7. The smallest absolute Gasteiger partial charge is 0.305 e. The molecule has 0 spiro atoms. The van der Waals surface area contributed by atoms with Crippen LogP contribution in [0.4, 0.5) is 0 Å². The number of benzene rings is 1. The Balaban J connectivity index is 2.59. The van der Waals surface area contributed by atoms with E-state index in [1.54, 1.807) is 13.1 Å². The van der Waals surface area contributed by atoms with Crippen molar-refractivity contribution in [3.63, 3.8) is 0 Å². The van der Waals surface area contributed by atoms with Gasteiger partial charge in [-0.1, -0.05) is 24.3 Å². The third-order valence-electron chi connectivity index (χ3n) is 2.63. The summed E-state index contributed by atoms with van der Waals surface area (Å²) < 4.78 is 0. The van der Waals surface area contributed by atoms with E-state index in [9.17, 15) is 9.59 Å². The van der Waals surface area contributed by atoms with E-state index in [0.29, 0.717) is 0 Å². The third-order valence-corrected chi connectivity index (χ3v) is 2.63. The molecule has 0 fully saturated rings. The SMILES string of the molecule is Cc1ccccc1/C=C/C(=O)N(C)CCC(=O)O. The summed E-state index contributed by atoms with van der Waals surface area (Å²) in [7, 11) is 1.59. The summed E-state index contributed by atoms with van der Waals surface area (Å²) in [5.41, 5.74) is 2.08. The van der Waals surface area contributed by atoms with Crippen molar-refractivity contribution < 1.29 is 14.7 Å². The lowest BCUT2D eigenvalue weighted by atomic mass is 10.1. The Morgan fingerprint density at radius 1 is 1.33 bits per heavy atom. The minimum absolute atomic E-state index is 0.0412. The molecule has 0 atom stereocenters. The molecule has 0 bridgehead atoms. The van der Waals surface area contributed by atoms with Gasteiger partial charge in [-0.15, -0.1) is 0 Å². The molecule has 0 aliphatic heterocycles. The maximum absolute atomic E-state index is 11.7. The number of carbonyl (C=O) groups is 2. The van der Waals surface area contributed by atoms with Gasteiger partial charge in [-0.05, 0) is 24.1 Å². The minimum Gasteiger partial charge on any atom is -0.481 e. The number of likely N-dealkylation sites (N-methyl/N-ethyl adjacent to an activating group) is 1. The van der Waals surface area contributed by atoms with E-state index in [1.807, 2.05) is 31.2 Å². The quantitative estimate of drug-likeness (QED) is 0.809. The van der Waals surface area contributed by atoms with Gasteiger partial charge < -0.3 is 10.0 Å². The first-order chi connectivity index (χ1) is 8.50. The topological polar surface area (TPSA) is 57.6 Å².